The monoisotopic (exact) mass is 2430 g/mol. The smallest absolute Gasteiger partial charge is 0.870 e. The number of nitriles is 2. The Hall–Kier alpha value is -8.01. The molecule has 26 nitrogen and oxygen atoms in total. The zero-order valence-electron chi connectivity index (χ0n) is 81.1. The molecule has 1 atom stereocenters. The fraction of sp³-hybridized carbons (Fsp3) is 0.382. The van der Waals surface area contributed by atoms with Crippen molar-refractivity contribution in [2.75, 3.05) is 84.6 Å². The van der Waals surface area contributed by atoms with E-state index in [0.717, 1.165) is 98.8 Å². The molecule has 0 aliphatic heterocycles. The molecule has 10 aromatic rings. The molecule has 10 rings (SSSR count). The minimum atomic E-state index is -3.87. The summed E-state index contributed by atoms with van der Waals surface area (Å²) in [4.78, 5) is 15.3. The van der Waals surface area contributed by atoms with Crippen molar-refractivity contribution in [2.45, 2.75) is 196 Å². The van der Waals surface area contributed by atoms with E-state index in [-0.39, 0.29) is 120 Å². The van der Waals surface area contributed by atoms with Crippen molar-refractivity contribution < 1.29 is 131 Å². The zero-order chi connectivity index (χ0) is 100. The van der Waals surface area contributed by atoms with E-state index in [1.165, 1.54) is 38.3 Å². The fourth-order valence-electron chi connectivity index (χ4n) is 12.0. The molecule has 0 saturated heterocycles. The number of nitrogens with zero attached hydrogens (tertiary/aromatic N) is 4. The summed E-state index contributed by atoms with van der Waals surface area (Å²) in [5.41, 5.74) is 8.81. The number of halogens is 5. The third-order valence-electron chi connectivity index (χ3n) is 19.2. The van der Waals surface area contributed by atoms with Crippen molar-refractivity contribution in [2.24, 2.45) is 0 Å². The second kappa shape index (κ2) is 64.4. The first-order valence-electron chi connectivity index (χ1n) is 41.3. The number of phenolic OH excluding ortho intramolecular Hbond substituents is 3. The van der Waals surface area contributed by atoms with E-state index in [0.29, 0.717) is 58.0 Å². The number of Topliss-reactive ketones (excluding diaryl/α,β-unsaturated/α-hetero) is 1. The molecule has 0 aliphatic rings. The van der Waals surface area contributed by atoms with Crippen LogP contribution in [0.3, 0.4) is 0 Å². The van der Waals surface area contributed by atoms with Crippen LogP contribution in [0.1, 0.15) is 208 Å². The number of rotatable bonds is 28. The Balaban J connectivity index is -0.00000151. The molecule has 0 saturated carbocycles. The maximum Gasteiger partial charge on any atom is 1.00 e. The number of carbonyl (C=O) groups is 1. The van der Waals surface area contributed by atoms with Gasteiger partial charge in [-0.15, -0.1) is 0 Å². The number of likely N-dealkylation sites (N-methyl/N-ethyl adjacent to an activating group) is 2. The molecule has 0 aromatic heterocycles. The van der Waals surface area contributed by atoms with Crippen LogP contribution in [0.4, 0.5) is 0 Å². The fourth-order valence-corrected chi connectivity index (χ4v) is 17.3. The summed E-state index contributed by atoms with van der Waals surface area (Å²) in [5, 5.41) is 46.4. The van der Waals surface area contributed by atoms with Crippen molar-refractivity contribution in [1.29, 1.82) is 10.5 Å². The molecule has 4 N–H and O–H groups in total. The predicted molar refractivity (Wildman–Crippen MR) is 578 cm³/mol. The summed E-state index contributed by atoms with van der Waals surface area (Å²) < 4.78 is 133. The van der Waals surface area contributed by atoms with Gasteiger partial charge in [-0.3, -0.25) is 14.6 Å². The maximum atomic E-state index is 12.5. The maximum absolute atomic E-state index is 12.5. The van der Waals surface area contributed by atoms with E-state index < -0.39 is 35.4 Å². The summed E-state index contributed by atoms with van der Waals surface area (Å²) in [7, 11) is 12.8. The van der Waals surface area contributed by atoms with Crippen LogP contribution in [0, 0.1) is 57.7 Å². The average Bonchev–Trinajstić information content (AvgIpc) is 0.781. The van der Waals surface area contributed by atoms with Crippen molar-refractivity contribution >= 4 is 136 Å². The Bertz CT molecular complexity index is 5840. The first-order chi connectivity index (χ1) is 61.7. The van der Waals surface area contributed by atoms with Crippen molar-refractivity contribution in [3.8, 4) is 92.6 Å². The Morgan fingerprint density at radius 2 is 0.686 bits per heavy atom. The second-order valence-electron chi connectivity index (χ2n) is 31.7. The Morgan fingerprint density at radius 1 is 0.387 bits per heavy atom. The van der Waals surface area contributed by atoms with E-state index >= 15 is 0 Å². The second-order valence-corrected chi connectivity index (χ2v) is 42.0. The van der Waals surface area contributed by atoms with E-state index in [4.69, 9.17) is 66.9 Å². The standard InChI is InChI=1S/C17H26IN3O2.C17H19IO4S.C17H20O4S.C12H14INO2.C10H13IO2.C10H14O2.C9H10O3.C7H7ClO2S.3CH4.Na.H2O/c1-11(2)12-8-15(22-7)13(18)9-14(12)23-16(10-19)17(20(3)4)21(5)6;1-11(2)14-9-17(21-4)15(18)10-16(14)22-23(19,20)13-7-5-12(3)6-8-13;1-12(2)16-11-14(20-4)7-10-17(16)21-22(18,19)15-8-5-13(3)6-9-15;1-8(2)9-6-12(15-3)10(13)7-11(9)16-5-4-14;1-6(2)7-4-10(13-3)8(11)5-9(7)12;1-7(2)9-6-8(12-3)4-5-10(9)11;1-6(10)8-5-7(12-2)3-4-9(8)11;1-6-2-4-7(5-3-6)11(8,9)10;;;;;/h8-9,11,16-17H,1-7H3;5-11H,1-4H3;5-12H,1-4H3;6-8H,5H2,1-3H3;4-6,12H,1-3H3;4-7,11H,1-3H3;3-5,11H,1-2H3;2-5H,1H3;3*1H4;;1H2/q;;;;;;;;;;;+1;/p-1. The summed E-state index contributed by atoms with van der Waals surface area (Å²) in [6.45, 7) is 31.6. The van der Waals surface area contributed by atoms with Crippen LogP contribution >= 0.6 is 101 Å². The SMILES string of the molecule is C.C.C.COc1cc(C(C)C)c(O)cc1I.COc1cc(C(C)C)c(OC(C#N)C(N(C)C)N(C)C)cc1I.COc1cc(C(C)C)c(OCC#N)cc1I.COc1cc(C(C)C)c(OS(=O)(=O)c2ccc(C)cc2)cc1I.COc1ccc(O)c(C(C)=O)c1.COc1ccc(O)c(C(C)C)c1.COc1ccc(OS(=O)(=O)c2ccc(C)cc2)c(C(C)C)c1.Cc1ccc(S(=O)(=O)Cl)cc1.[Na+].[OH-]. The van der Waals surface area contributed by atoms with Gasteiger partial charge in [-0.1, -0.05) is 158 Å². The Labute approximate surface area is 896 Å². The van der Waals surface area contributed by atoms with Crippen LogP contribution in [0.5, 0.6) is 80.5 Å². The van der Waals surface area contributed by atoms with E-state index in [1.54, 1.807) is 152 Å². The molecule has 750 valence electrons. The molecule has 0 amide bonds. The van der Waals surface area contributed by atoms with Crippen LogP contribution in [-0.2, 0) is 29.3 Å². The Kier molecular flexibility index (Phi) is 62.6. The molecule has 0 heterocycles. The summed E-state index contributed by atoms with van der Waals surface area (Å²) in [6.07, 6.45) is -0.735. The minimum Gasteiger partial charge on any atom is -0.870 e. The molecule has 35 heteroatoms. The zero-order valence-corrected chi connectivity index (χ0v) is 94.9. The predicted octanol–water partition coefficient (Wildman–Crippen LogP) is 22.8. The molecule has 0 radical (unpaired) electrons. The van der Waals surface area contributed by atoms with Crippen LogP contribution in [-0.4, -0.2) is 158 Å². The number of aryl methyl sites for hydroxylation is 3. The van der Waals surface area contributed by atoms with Gasteiger partial charge in [-0.05, 0) is 321 Å². The van der Waals surface area contributed by atoms with Gasteiger partial charge < -0.3 is 71.8 Å². The molecular formula is C102H136ClI4N4NaO22S3. The number of hydrogen-bond donors (Lipinski definition) is 3. The third kappa shape index (κ3) is 43.1. The molecule has 0 fully saturated rings. The molecule has 137 heavy (non-hydrogen) atoms. The number of phenols is 3. The summed E-state index contributed by atoms with van der Waals surface area (Å²) >= 11 is 8.65. The quantitative estimate of drug-likeness (QED) is 0.0102. The van der Waals surface area contributed by atoms with Gasteiger partial charge >= 0.3 is 49.8 Å². The van der Waals surface area contributed by atoms with Gasteiger partial charge in [0.25, 0.3) is 9.05 Å². The Morgan fingerprint density at radius 3 is 1.03 bits per heavy atom. The number of aromatic hydroxyl groups is 3. The summed E-state index contributed by atoms with van der Waals surface area (Å²) in [6, 6.07) is 53.7. The van der Waals surface area contributed by atoms with E-state index in [2.05, 4.69) is 124 Å². The topological polar surface area (TPSA) is 366 Å². The molecular weight excluding hydrogens is 2300 g/mol. The van der Waals surface area contributed by atoms with Crippen molar-refractivity contribution in [3.63, 3.8) is 0 Å². The molecule has 10 aromatic carbocycles. The van der Waals surface area contributed by atoms with Crippen LogP contribution in [0.15, 0.2) is 191 Å². The van der Waals surface area contributed by atoms with Gasteiger partial charge in [0.2, 0.25) is 6.10 Å². The first-order valence-corrected chi connectivity index (χ1v) is 50.7. The van der Waals surface area contributed by atoms with Gasteiger partial charge in [0, 0.05) is 44.1 Å². The molecule has 1 unspecified atom stereocenters. The minimum absolute atomic E-state index is 0. The van der Waals surface area contributed by atoms with E-state index in [9.17, 15) is 50.6 Å². The van der Waals surface area contributed by atoms with Gasteiger partial charge in [0.1, 0.15) is 109 Å². The summed E-state index contributed by atoms with van der Waals surface area (Å²) in [5.74, 6) is 9.34. The van der Waals surface area contributed by atoms with Crippen LogP contribution < -0.4 is 80.6 Å². The van der Waals surface area contributed by atoms with Gasteiger partial charge in [-0.25, -0.2) is 8.42 Å². The number of ketones is 1. The number of methoxy groups -OCH3 is 7. The molecule has 0 spiro atoms. The van der Waals surface area contributed by atoms with Crippen molar-refractivity contribution in [1.82, 2.24) is 9.80 Å². The normalized spacial score (nSPS) is 10.8. The largest absolute Gasteiger partial charge is 1.00 e. The molecule has 0 aliphatic carbocycles. The number of ether oxygens (including phenoxy) is 9. The van der Waals surface area contributed by atoms with Crippen LogP contribution in [0.25, 0.3) is 0 Å². The number of carbonyl (C=O) groups excluding carboxylic acids is 1. The van der Waals surface area contributed by atoms with Gasteiger partial charge in [0.15, 0.2) is 12.4 Å². The number of benzene rings is 10. The first kappa shape index (κ1) is 133. The van der Waals surface area contributed by atoms with E-state index in [1.807, 2.05) is 163 Å². The third-order valence-corrected chi connectivity index (χ3v) is 26.5. The van der Waals surface area contributed by atoms with Crippen LogP contribution in [0.2, 0.25) is 0 Å². The van der Waals surface area contributed by atoms with Gasteiger partial charge in [-0.2, -0.15) is 27.4 Å². The van der Waals surface area contributed by atoms with Crippen molar-refractivity contribution in [3.05, 3.63) is 246 Å². The average molecular weight is 2430 g/mol. The molecule has 0 bridgehead atoms. The van der Waals surface area contributed by atoms with Gasteiger partial charge in [0.05, 0.1) is 74.5 Å². The number of hydrogen-bond acceptors (Lipinski definition) is 26.